The highest BCUT2D eigenvalue weighted by Gasteiger charge is 2.35. The molecule has 0 aliphatic carbocycles. The fourth-order valence-corrected chi connectivity index (χ4v) is 3.62. The third-order valence-corrected chi connectivity index (χ3v) is 5.22. The fraction of sp³-hybridized carbons (Fsp3) is 0.444. The van der Waals surface area contributed by atoms with E-state index in [9.17, 15) is 9.59 Å². The van der Waals surface area contributed by atoms with E-state index in [1.807, 2.05) is 12.1 Å². The van der Waals surface area contributed by atoms with E-state index < -0.39 is 5.92 Å². The first-order valence-corrected chi connectivity index (χ1v) is 9.50. The SMILES string of the molecule is CCCCc1nnc(NC(=O)C2CC(=O)N(c3ccc(OC)cc3)C2)s1. The maximum absolute atomic E-state index is 12.5. The van der Waals surface area contributed by atoms with Crippen LogP contribution in [0.4, 0.5) is 10.8 Å². The Morgan fingerprint density at radius 1 is 1.35 bits per heavy atom. The number of amides is 2. The maximum Gasteiger partial charge on any atom is 0.231 e. The van der Waals surface area contributed by atoms with E-state index in [0.29, 0.717) is 11.7 Å². The number of aryl methyl sites for hydroxylation is 1. The van der Waals surface area contributed by atoms with Gasteiger partial charge < -0.3 is 15.0 Å². The zero-order valence-electron chi connectivity index (χ0n) is 14.9. The van der Waals surface area contributed by atoms with Crippen LogP contribution in [0, 0.1) is 5.92 Å². The second kappa shape index (κ2) is 8.27. The lowest BCUT2D eigenvalue weighted by molar-refractivity contribution is -0.122. The molecule has 1 N–H and O–H groups in total. The monoisotopic (exact) mass is 374 g/mol. The number of aromatic nitrogens is 2. The molecule has 138 valence electrons. The van der Waals surface area contributed by atoms with Crippen LogP contribution >= 0.6 is 11.3 Å². The predicted molar refractivity (Wildman–Crippen MR) is 101 cm³/mol. The summed E-state index contributed by atoms with van der Waals surface area (Å²) < 4.78 is 5.13. The second-order valence-corrected chi connectivity index (χ2v) is 7.26. The molecule has 0 bridgehead atoms. The lowest BCUT2D eigenvalue weighted by Gasteiger charge is -2.16. The van der Waals surface area contributed by atoms with Crippen molar-refractivity contribution in [3.8, 4) is 5.75 Å². The first-order valence-electron chi connectivity index (χ1n) is 8.68. The molecule has 2 aromatic rings. The van der Waals surface area contributed by atoms with Gasteiger partial charge in [-0.3, -0.25) is 9.59 Å². The predicted octanol–water partition coefficient (Wildman–Crippen LogP) is 2.88. The van der Waals surface area contributed by atoms with Crippen LogP contribution in [0.5, 0.6) is 5.75 Å². The van der Waals surface area contributed by atoms with Crippen molar-refractivity contribution in [1.29, 1.82) is 0 Å². The van der Waals surface area contributed by atoms with Crippen molar-refractivity contribution < 1.29 is 14.3 Å². The molecule has 1 aliphatic heterocycles. The van der Waals surface area contributed by atoms with Crippen molar-refractivity contribution in [3.63, 3.8) is 0 Å². The van der Waals surface area contributed by atoms with Gasteiger partial charge in [-0.1, -0.05) is 24.7 Å². The number of hydrogen-bond donors (Lipinski definition) is 1. The van der Waals surface area contributed by atoms with E-state index in [1.165, 1.54) is 11.3 Å². The Morgan fingerprint density at radius 3 is 2.81 bits per heavy atom. The number of benzene rings is 1. The molecular weight excluding hydrogens is 352 g/mol. The Morgan fingerprint density at radius 2 is 2.12 bits per heavy atom. The number of hydrogen-bond acceptors (Lipinski definition) is 6. The lowest BCUT2D eigenvalue weighted by atomic mass is 10.1. The summed E-state index contributed by atoms with van der Waals surface area (Å²) in [5.74, 6) is 0.0844. The van der Waals surface area contributed by atoms with Gasteiger partial charge in [-0.25, -0.2) is 0 Å². The minimum Gasteiger partial charge on any atom is -0.497 e. The van der Waals surface area contributed by atoms with Crippen LogP contribution < -0.4 is 15.0 Å². The van der Waals surface area contributed by atoms with Crippen molar-refractivity contribution in [3.05, 3.63) is 29.3 Å². The first-order chi connectivity index (χ1) is 12.6. The zero-order valence-corrected chi connectivity index (χ0v) is 15.7. The minimum atomic E-state index is -0.396. The number of nitrogens with zero attached hydrogens (tertiary/aromatic N) is 3. The molecule has 1 aromatic carbocycles. The highest BCUT2D eigenvalue weighted by molar-refractivity contribution is 7.15. The van der Waals surface area contributed by atoms with E-state index in [-0.39, 0.29) is 18.2 Å². The summed E-state index contributed by atoms with van der Waals surface area (Å²) in [5, 5.41) is 12.3. The lowest BCUT2D eigenvalue weighted by Crippen LogP contribution is -2.28. The average molecular weight is 374 g/mol. The molecule has 2 amide bonds. The molecule has 2 heterocycles. The third-order valence-electron chi connectivity index (χ3n) is 4.32. The van der Waals surface area contributed by atoms with Gasteiger partial charge in [0.05, 0.1) is 13.0 Å². The molecule has 1 aliphatic rings. The second-order valence-electron chi connectivity index (χ2n) is 6.20. The van der Waals surface area contributed by atoms with E-state index in [1.54, 1.807) is 24.1 Å². The molecular formula is C18H22N4O3S. The van der Waals surface area contributed by atoms with Gasteiger partial charge >= 0.3 is 0 Å². The van der Waals surface area contributed by atoms with E-state index >= 15 is 0 Å². The fourth-order valence-electron chi connectivity index (χ4n) is 2.84. The molecule has 1 fully saturated rings. The van der Waals surface area contributed by atoms with Gasteiger partial charge in [0.15, 0.2) is 0 Å². The van der Waals surface area contributed by atoms with Crippen molar-refractivity contribution in [1.82, 2.24) is 10.2 Å². The summed E-state index contributed by atoms with van der Waals surface area (Å²) >= 11 is 1.40. The molecule has 7 nitrogen and oxygen atoms in total. The Hall–Kier alpha value is -2.48. The normalized spacial score (nSPS) is 16.8. The van der Waals surface area contributed by atoms with E-state index in [4.69, 9.17) is 4.74 Å². The summed E-state index contributed by atoms with van der Waals surface area (Å²) in [6.45, 7) is 2.48. The van der Waals surface area contributed by atoms with Crippen LogP contribution in [0.3, 0.4) is 0 Å². The van der Waals surface area contributed by atoms with Crippen LogP contribution in [0.15, 0.2) is 24.3 Å². The number of ether oxygens (including phenoxy) is 1. The van der Waals surface area contributed by atoms with E-state index in [0.717, 1.165) is 35.7 Å². The third kappa shape index (κ3) is 4.19. The van der Waals surface area contributed by atoms with E-state index in [2.05, 4.69) is 22.4 Å². The van der Waals surface area contributed by atoms with Crippen LogP contribution in [-0.2, 0) is 16.0 Å². The Balaban J connectivity index is 1.60. The van der Waals surface area contributed by atoms with Crippen molar-refractivity contribution in [2.75, 3.05) is 23.9 Å². The van der Waals surface area contributed by atoms with Gasteiger partial charge in [0, 0.05) is 25.1 Å². The summed E-state index contributed by atoms with van der Waals surface area (Å²) in [6.07, 6.45) is 3.21. The van der Waals surface area contributed by atoms with Crippen molar-refractivity contribution in [2.45, 2.75) is 32.6 Å². The van der Waals surface area contributed by atoms with Crippen molar-refractivity contribution >= 4 is 34.0 Å². The van der Waals surface area contributed by atoms with Gasteiger partial charge in [0.25, 0.3) is 0 Å². The first kappa shape index (κ1) is 18.3. The number of carbonyl (C=O) groups is 2. The quantitative estimate of drug-likeness (QED) is 0.805. The van der Waals surface area contributed by atoms with Crippen molar-refractivity contribution in [2.24, 2.45) is 5.92 Å². The number of nitrogens with one attached hydrogen (secondary N) is 1. The number of carbonyl (C=O) groups excluding carboxylic acids is 2. The Labute approximate surface area is 156 Å². The van der Waals surface area contributed by atoms with Gasteiger partial charge in [0.1, 0.15) is 10.8 Å². The van der Waals surface area contributed by atoms with Crippen LogP contribution in [0.2, 0.25) is 0 Å². The molecule has 8 heteroatoms. The largest absolute Gasteiger partial charge is 0.497 e. The Kier molecular flexibility index (Phi) is 5.82. The highest BCUT2D eigenvalue weighted by Crippen LogP contribution is 2.28. The molecule has 1 atom stereocenters. The topological polar surface area (TPSA) is 84.4 Å². The summed E-state index contributed by atoms with van der Waals surface area (Å²) in [7, 11) is 1.59. The van der Waals surface area contributed by atoms with Gasteiger partial charge in [-0.05, 0) is 30.7 Å². The smallest absolute Gasteiger partial charge is 0.231 e. The summed E-state index contributed by atoms with van der Waals surface area (Å²) in [6, 6.07) is 7.24. The number of unbranched alkanes of at least 4 members (excludes halogenated alkanes) is 1. The van der Waals surface area contributed by atoms with Crippen LogP contribution in [0.25, 0.3) is 0 Å². The molecule has 0 saturated carbocycles. The number of methoxy groups -OCH3 is 1. The van der Waals surface area contributed by atoms with Crippen LogP contribution in [0.1, 0.15) is 31.2 Å². The number of anilines is 2. The van der Waals surface area contributed by atoms with Gasteiger partial charge in [0.2, 0.25) is 16.9 Å². The molecule has 1 saturated heterocycles. The molecule has 0 spiro atoms. The summed E-state index contributed by atoms with van der Waals surface area (Å²) in [5.41, 5.74) is 0.767. The average Bonchev–Trinajstić information content (AvgIpc) is 3.26. The standard InChI is InChI=1S/C18H22N4O3S/c1-3-4-5-15-20-21-18(26-15)19-17(24)12-10-16(23)22(11-12)13-6-8-14(25-2)9-7-13/h6-9,12H,3-5,10-11H2,1-2H3,(H,19,21,24). The zero-order chi connectivity index (χ0) is 18.5. The molecule has 3 rings (SSSR count). The molecule has 0 radical (unpaired) electrons. The molecule has 1 aromatic heterocycles. The van der Waals surface area contributed by atoms with Crippen LogP contribution in [-0.4, -0.2) is 35.7 Å². The summed E-state index contributed by atoms with van der Waals surface area (Å²) in [4.78, 5) is 26.4. The molecule has 26 heavy (non-hydrogen) atoms. The Bertz CT molecular complexity index is 775. The minimum absolute atomic E-state index is 0.0591. The highest BCUT2D eigenvalue weighted by atomic mass is 32.1. The molecule has 1 unspecified atom stereocenters. The van der Waals surface area contributed by atoms with Gasteiger partial charge in [-0.15, -0.1) is 10.2 Å². The van der Waals surface area contributed by atoms with Gasteiger partial charge in [-0.2, -0.15) is 0 Å². The number of rotatable bonds is 7. The maximum atomic E-state index is 12.5.